The molecule has 12 heteroatoms. The monoisotopic (exact) mass is 567 g/mol. The molecule has 2 saturated heterocycles. The summed E-state index contributed by atoms with van der Waals surface area (Å²) in [7, 11) is 1.86. The number of amides is 1. The van der Waals surface area contributed by atoms with Crippen molar-refractivity contribution in [3.8, 4) is 0 Å². The minimum absolute atomic E-state index is 0.00656. The van der Waals surface area contributed by atoms with Gasteiger partial charge in [-0.2, -0.15) is 13.2 Å². The van der Waals surface area contributed by atoms with Crippen LogP contribution in [-0.4, -0.2) is 65.6 Å². The van der Waals surface area contributed by atoms with Crippen LogP contribution in [0.3, 0.4) is 0 Å². The first-order valence-electron chi connectivity index (χ1n) is 13.8. The molecule has 0 spiro atoms. The SMILES string of the molecule is Cn1c(C(=O)OC[C@@H]2CCCO2)cc2cc(NC(=O)[C@H]3NCC[C@H]3C3CCCCC3)ccc21.O=C(O)C(F)(F)F. The van der Waals surface area contributed by atoms with Crippen LogP contribution in [0, 0.1) is 11.8 Å². The molecule has 0 bridgehead atoms. The second-order valence-corrected chi connectivity index (χ2v) is 10.7. The fourth-order valence-corrected chi connectivity index (χ4v) is 5.94. The van der Waals surface area contributed by atoms with E-state index < -0.39 is 12.1 Å². The number of rotatable bonds is 6. The number of aryl methyl sites for hydroxylation is 1. The van der Waals surface area contributed by atoms with Gasteiger partial charge in [-0.15, -0.1) is 0 Å². The number of nitrogens with zero attached hydrogens (tertiary/aromatic N) is 1. The highest BCUT2D eigenvalue weighted by atomic mass is 19.4. The topological polar surface area (TPSA) is 119 Å². The number of carbonyl (C=O) groups is 3. The summed E-state index contributed by atoms with van der Waals surface area (Å²) < 4.78 is 44.6. The van der Waals surface area contributed by atoms with Crippen molar-refractivity contribution in [1.29, 1.82) is 0 Å². The van der Waals surface area contributed by atoms with E-state index in [1.165, 1.54) is 32.1 Å². The number of esters is 1. The van der Waals surface area contributed by atoms with Crippen LogP contribution < -0.4 is 10.6 Å². The molecule has 1 aliphatic carbocycles. The number of ether oxygens (including phenoxy) is 2. The fourth-order valence-electron chi connectivity index (χ4n) is 5.94. The molecule has 2 aliphatic heterocycles. The van der Waals surface area contributed by atoms with Gasteiger partial charge in [0.1, 0.15) is 12.3 Å². The second-order valence-electron chi connectivity index (χ2n) is 10.7. The van der Waals surface area contributed by atoms with Gasteiger partial charge in [-0.3, -0.25) is 4.79 Å². The first-order valence-corrected chi connectivity index (χ1v) is 13.8. The maximum atomic E-state index is 13.1. The van der Waals surface area contributed by atoms with Gasteiger partial charge < -0.3 is 29.8 Å². The molecule has 3 N–H and O–H groups in total. The maximum absolute atomic E-state index is 13.1. The van der Waals surface area contributed by atoms with Crippen LogP contribution >= 0.6 is 0 Å². The molecular weight excluding hydrogens is 531 g/mol. The number of anilines is 1. The number of carboxylic acid groups (broad SMARTS) is 1. The maximum Gasteiger partial charge on any atom is 0.490 e. The van der Waals surface area contributed by atoms with Crippen LogP contribution in [0.1, 0.15) is 61.9 Å². The molecule has 1 aromatic heterocycles. The highest BCUT2D eigenvalue weighted by molar-refractivity contribution is 6.00. The highest BCUT2D eigenvalue weighted by Crippen LogP contribution is 2.36. The van der Waals surface area contributed by atoms with Gasteiger partial charge in [0.25, 0.3) is 0 Å². The number of carbonyl (C=O) groups excluding carboxylic acids is 2. The van der Waals surface area contributed by atoms with Gasteiger partial charge in [0, 0.05) is 30.2 Å². The van der Waals surface area contributed by atoms with E-state index in [9.17, 15) is 22.8 Å². The molecule has 0 radical (unpaired) electrons. The van der Waals surface area contributed by atoms with Crippen LogP contribution in [0.2, 0.25) is 0 Å². The molecule has 3 atom stereocenters. The lowest BCUT2D eigenvalue weighted by atomic mass is 9.76. The summed E-state index contributed by atoms with van der Waals surface area (Å²) in [5, 5.41) is 14.6. The number of carboxylic acids is 1. The van der Waals surface area contributed by atoms with Crippen LogP contribution in [-0.2, 0) is 26.1 Å². The van der Waals surface area contributed by atoms with Gasteiger partial charge >= 0.3 is 18.1 Å². The summed E-state index contributed by atoms with van der Waals surface area (Å²) in [5.74, 6) is -1.97. The van der Waals surface area contributed by atoms with Gasteiger partial charge in [0.2, 0.25) is 5.91 Å². The van der Waals surface area contributed by atoms with Crippen molar-refractivity contribution < 1.29 is 42.1 Å². The summed E-state index contributed by atoms with van der Waals surface area (Å²) in [6.45, 7) is 1.94. The molecule has 220 valence electrons. The molecule has 1 amide bonds. The Labute approximate surface area is 230 Å². The molecule has 3 fully saturated rings. The van der Waals surface area contributed by atoms with Gasteiger partial charge in [-0.1, -0.05) is 32.1 Å². The van der Waals surface area contributed by atoms with Crippen molar-refractivity contribution in [1.82, 2.24) is 9.88 Å². The number of aliphatic carboxylic acids is 1. The van der Waals surface area contributed by atoms with Crippen LogP contribution in [0.15, 0.2) is 24.3 Å². The zero-order valence-corrected chi connectivity index (χ0v) is 22.5. The molecule has 2 aromatic rings. The summed E-state index contributed by atoms with van der Waals surface area (Å²) in [6, 6.07) is 7.51. The normalized spacial score (nSPS) is 23.4. The van der Waals surface area contributed by atoms with E-state index in [1.807, 2.05) is 35.9 Å². The van der Waals surface area contributed by atoms with E-state index in [0.717, 1.165) is 49.0 Å². The molecule has 1 saturated carbocycles. The van der Waals surface area contributed by atoms with Crippen molar-refractivity contribution in [3.05, 3.63) is 30.0 Å². The quantitative estimate of drug-likeness (QED) is 0.435. The average Bonchev–Trinajstić information content (AvgIpc) is 3.68. The number of fused-ring (bicyclic) bond motifs is 1. The van der Waals surface area contributed by atoms with Gasteiger partial charge in [0.05, 0.1) is 12.1 Å². The number of alkyl halides is 3. The van der Waals surface area contributed by atoms with Gasteiger partial charge in [0.15, 0.2) is 0 Å². The lowest BCUT2D eigenvalue weighted by Gasteiger charge is -2.30. The van der Waals surface area contributed by atoms with Gasteiger partial charge in [-0.25, -0.2) is 9.59 Å². The second kappa shape index (κ2) is 13.0. The first kappa shape index (κ1) is 29.9. The molecule has 9 nitrogen and oxygen atoms in total. The molecule has 5 rings (SSSR count). The zero-order valence-electron chi connectivity index (χ0n) is 22.5. The number of halogens is 3. The Morgan fingerprint density at radius 1 is 1.10 bits per heavy atom. The average molecular weight is 568 g/mol. The predicted octanol–water partition coefficient (Wildman–Crippen LogP) is 4.64. The van der Waals surface area contributed by atoms with E-state index in [1.54, 1.807) is 0 Å². The third-order valence-electron chi connectivity index (χ3n) is 7.99. The number of hydrogen-bond donors (Lipinski definition) is 3. The van der Waals surface area contributed by atoms with E-state index in [0.29, 0.717) is 17.5 Å². The summed E-state index contributed by atoms with van der Waals surface area (Å²) >= 11 is 0. The third-order valence-corrected chi connectivity index (χ3v) is 7.99. The first-order chi connectivity index (χ1) is 19.0. The Hall–Kier alpha value is -3.12. The number of hydrogen-bond acceptors (Lipinski definition) is 6. The van der Waals surface area contributed by atoms with Crippen LogP contribution in [0.25, 0.3) is 10.9 Å². The molecule has 3 heterocycles. The van der Waals surface area contributed by atoms with Crippen molar-refractivity contribution in [2.75, 3.05) is 25.1 Å². The van der Waals surface area contributed by atoms with Crippen molar-refractivity contribution in [3.63, 3.8) is 0 Å². The minimum atomic E-state index is -5.08. The van der Waals surface area contributed by atoms with Crippen molar-refractivity contribution >= 4 is 34.4 Å². The van der Waals surface area contributed by atoms with E-state index in [2.05, 4.69) is 10.6 Å². The Balaban J connectivity index is 0.000000470. The summed E-state index contributed by atoms with van der Waals surface area (Å²) in [4.78, 5) is 34.7. The highest BCUT2D eigenvalue weighted by Gasteiger charge is 2.39. The standard InChI is InChI=1S/C26H35N3O4.C2HF3O2/c1-29-22-10-9-19(14-18(22)15-23(29)26(31)33-16-20-8-5-13-32-20)28-25(30)24-21(11-12-27-24)17-6-3-2-4-7-17;3-2(4,5)1(6)7/h9-10,14-15,17,20-21,24,27H,2-8,11-13,16H2,1H3,(H,28,30);(H,6,7)/t20-,21-,24-;/m0./s1. The fraction of sp³-hybridized carbons (Fsp3) is 0.607. The van der Waals surface area contributed by atoms with Crippen molar-refractivity contribution in [2.24, 2.45) is 18.9 Å². The number of nitrogens with one attached hydrogen (secondary N) is 2. The van der Waals surface area contributed by atoms with E-state index in [-0.39, 0.29) is 30.6 Å². The summed E-state index contributed by atoms with van der Waals surface area (Å²) in [6.07, 6.45) is 4.36. The number of aromatic nitrogens is 1. The third kappa shape index (κ3) is 7.34. The molecule has 1 aromatic carbocycles. The van der Waals surface area contributed by atoms with Crippen LogP contribution in [0.5, 0.6) is 0 Å². The zero-order chi connectivity index (χ0) is 28.9. The predicted molar refractivity (Wildman–Crippen MR) is 141 cm³/mol. The minimum Gasteiger partial charge on any atom is -0.475 e. The Morgan fingerprint density at radius 2 is 1.82 bits per heavy atom. The lowest BCUT2D eigenvalue weighted by molar-refractivity contribution is -0.192. The molecular formula is C28H36F3N3O6. The molecule has 0 unspecified atom stereocenters. The Bertz CT molecular complexity index is 1200. The van der Waals surface area contributed by atoms with Crippen LogP contribution in [0.4, 0.5) is 18.9 Å². The number of benzene rings is 1. The van der Waals surface area contributed by atoms with E-state index in [4.69, 9.17) is 19.4 Å². The molecule has 40 heavy (non-hydrogen) atoms. The Morgan fingerprint density at radius 3 is 2.48 bits per heavy atom. The molecule has 3 aliphatic rings. The Kier molecular flexibility index (Phi) is 9.72. The lowest BCUT2D eigenvalue weighted by Crippen LogP contribution is -2.42. The largest absolute Gasteiger partial charge is 0.490 e. The smallest absolute Gasteiger partial charge is 0.475 e. The van der Waals surface area contributed by atoms with Crippen molar-refractivity contribution in [2.45, 2.75) is 69.7 Å². The van der Waals surface area contributed by atoms with Gasteiger partial charge in [-0.05, 0) is 61.9 Å². The summed E-state index contributed by atoms with van der Waals surface area (Å²) in [5.41, 5.74) is 2.19. The van der Waals surface area contributed by atoms with E-state index >= 15 is 0 Å².